The normalized spacial score (nSPS) is 31.1. The minimum atomic E-state index is -1.28. The highest BCUT2D eigenvalue weighted by molar-refractivity contribution is 6.24. The number of fused-ring (bicyclic) bond motifs is 4. The summed E-state index contributed by atoms with van der Waals surface area (Å²) in [5.41, 5.74) is 0.341. The molecule has 6 rings (SSSR count). The van der Waals surface area contributed by atoms with Gasteiger partial charge in [-0.1, -0.05) is 29.8 Å². The lowest BCUT2D eigenvalue weighted by atomic mass is 9.51. The quantitative estimate of drug-likeness (QED) is 0.452. The number of carbonyl (C=O) groups is 4. The number of carbonyl (C=O) groups excluding carboxylic acids is 4. The summed E-state index contributed by atoms with van der Waals surface area (Å²) in [6.07, 6.45) is 2.55. The van der Waals surface area contributed by atoms with E-state index in [0.717, 1.165) is 5.57 Å². The first-order valence-corrected chi connectivity index (χ1v) is 13.6. The molecule has 0 aromatic heterocycles. The fourth-order valence-corrected chi connectivity index (χ4v) is 7.69. The van der Waals surface area contributed by atoms with Gasteiger partial charge in [0, 0.05) is 30.2 Å². The second-order valence-electron chi connectivity index (χ2n) is 11.2. The molecule has 0 bridgehead atoms. The van der Waals surface area contributed by atoms with Crippen LogP contribution in [0.3, 0.4) is 0 Å². The Bertz CT molecular complexity index is 1470. The zero-order valence-electron chi connectivity index (χ0n) is 22.9. The molecule has 2 aliphatic carbocycles. The third-order valence-corrected chi connectivity index (χ3v) is 9.53. The summed E-state index contributed by atoms with van der Waals surface area (Å²) in [6.45, 7) is 3.83. The molecule has 1 saturated carbocycles. The molecule has 2 aromatic carbocycles. The minimum Gasteiger partial charge on any atom is -0.507 e. The van der Waals surface area contributed by atoms with Crippen LogP contribution in [0.4, 0.5) is 5.69 Å². The molecule has 2 heterocycles. The standard InChI is InChI=1S/C31H32N2O7/c1-5-32-27(35)19-12-11-18-20(24(19)29(32)37)15-21-28(36)33(16-9-7-6-8-10-16)30(38)31(21,2)26(18)25-22(34)13-17(39-3)14-23(25)40-4/h6-11,13-14,19-21,24,26,34H,5,12,15H2,1-4H3. The number of rotatable bonds is 5. The van der Waals surface area contributed by atoms with Crippen molar-refractivity contribution in [2.45, 2.75) is 32.6 Å². The van der Waals surface area contributed by atoms with Crippen LogP contribution in [0.25, 0.3) is 0 Å². The molecule has 2 aromatic rings. The van der Waals surface area contributed by atoms with Gasteiger partial charge in [-0.3, -0.25) is 24.1 Å². The molecule has 6 atom stereocenters. The van der Waals surface area contributed by atoms with Gasteiger partial charge in [-0.2, -0.15) is 0 Å². The van der Waals surface area contributed by atoms with Crippen molar-refractivity contribution < 1.29 is 33.8 Å². The molecule has 9 heteroatoms. The van der Waals surface area contributed by atoms with Gasteiger partial charge in [-0.05, 0) is 44.7 Å². The van der Waals surface area contributed by atoms with E-state index in [0.29, 0.717) is 29.2 Å². The van der Waals surface area contributed by atoms with E-state index < -0.39 is 35.0 Å². The summed E-state index contributed by atoms with van der Waals surface area (Å²) in [6, 6.07) is 11.9. The molecule has 4 amide bonds. The zero-order chi connectivity index (χ0) is 28.5. The second-order valence-corrected chi connectivity index (χ2v) is 11.2. The molecule has 4 aliphatic rings. The van der Waals surface area contributed by atoms with Gasteiger partial charge < -0.3 is 14.6 Å². The number of imide groups is 2. The van der Waals surface area contributed by atoms with Crippen molar-refractivity contribution in [3.63, 3.8) is 0 Å². The van der Waals surface area contributed by atoms with Crippen LogP contribution in [0.1, 0.15) is 38.2 Å². The molecule has 208 valence electrons. The highest BCUT2D eigenvalue weighted by Gasteiger charge is 2.68. The number of hydrogen-bond donors (Lipinski definition) is 1. The highest BCUT2D eigenvalue weighted by atomic mass is 16.5. The van der Waals surface area contributed by atoms with Crippen LogP contribution in [-0.4, -0.2) is 54.4 Å². The van der Waals surface area contributed by atoms with Crippen LogP contribution in [0.5, 0.6) is 17.2 Å². The van der Waals surface area contributed by atoms with Gasteiger partial charge in [0.25, 0.3) is 0 Å². The molecule has 1 N–H and O–H groups in total. The number of phenols is 1. The lowest BCUT2D eigenvalue weighted by molar-refractivity contribution is -0.140. The van der Waals surface area contributed by atoms with Crippen LogP contribution in [0.15, 0.2) is 54.1 Å². The van der Waals surface area contributed by atoms with E-state index in [1.165, 1.54) is 30.1 Å². The van der Waals surface area contributed by atoms with E-state index in [9.17, 15) is 24.3 Å². The largest absolute Gasteiger partial charge is 0.507 e. The SMILES string of the molecule is CCN1C(=O)C2CC=C3C(CC4C(=O)N(c5ccccc5)C(=O)C4(C)C3c3c(O)cc(OC)cc3OC)C2C1=O. The van der Waals surface area contributed by atoms with E-state index >= 15 is 0 Å². The van der Waals surface area contributed by atoms with Gasteiger partial charge in [-0.15, -0.1) is 0 Å². The number of methoxy groups -OCH3 is 2. The number of phenolic OH excluding ortho intramolecular Hbond substituents is 1. The van der Waals surface area contributed by atoms with E-state index in [2.05, 4.69) is 0 Å². The van der Waals surface area contributed by atoms with Crippen LogP contribution in [0, 0.1) is 29.1 Å². The molecular weight excluding hydrogens is 512 g/mol. The molecule has 6 unspecified atom stereocenters. The van der Waals surface area contributed by atoms with E-state index in [4.69, 9.17) is 9.47 Å². The van der Waals surface area contributed by atoms with E-state index in [1.54, 1.807) is 44.2 Å². The fourth-order valence-electron chi connectivity index (χ4n) is 7.69. The van der Waals surface area contributed by atoms with E-state index in [-0.39, 0.29) is 42.3 Å². The first-order chi connectivity index (χ1) is 19.2. The topological polar surface area (TPSA) is 113 Å². The van der Waals surface area contributed by atoms with Gasteiger partial charge in [0.2, 0.25) is 23.6 Å². The molecule has 2 aliphatic heterocycles. The number of allylic oxidation sites excluding steroid dienone is 2. The third kappa shape index (κ3) is 3.33. The maximum atomic E-state index is 14.4. The Labute approximate surface area is 232 Å². The summed E-state index contributed by atoms with van der Waals surface area (Å²) in [5.74, 6) is -3.73. The fraction of sp³-hybridized carbons (Fsp3) is 0.419. The molecule has 3 fully saturated rings. The van der Waals surface area contributed by atoms with Gasteiger partial charge in [-0.25, -0.2) is 4.90 Å². The predicted octanol–water partition coefficient (Wildman–Crippen LogP) is 3.66. The zero-order valence-corrected chi connectivity index (χ0v) is 22.9. The Hall–Kier alpha value is -4.14. The number of anilines is 1. The average Bonchev–Trinajstić information content (AvgIpc) is 3.32. The number of para-hydroxylation sites is 1. The van der Waals surface area contributed by atoms with Gasteiger partial charge in [0.1, 0.15) is 17.2 Å². The molecule has 0 spiro atoms. The predicted molar refractivity (Wildman–Crippen MR) is 145 cm³/mol. The van der Waals surface area contributed by atoms with Crippen molar-refractivity contribution in [2.24, 2.45) is 29.1 Å². The van der Waals surface area contributed by atoms with Gasteiger partial charge in [0.15, 0.2) is 0 Å². The smallest absolute Gasteiger partial charge is 0.241 e. The van der Waals surface area contributed by atoms with Crippen molar-refractivity contribution in [3.05, 3.63) is 59.7 Å². The Morgan fingerprint density at radius 1 is 0.975 bits per heavy atom. The van der Waals surface area contributed by atoms with Crippen molar-refractivity contribution in [3.8, 4) is 17.2 Å². The van der Waals surface area contributed by atoms with Crippen molar-refractivity contribution in [2.75, 3.05) is 25.7 Å². The lowest BCUT2D eigenvalue weighted by Gasteiger charge is -2.49. The summed E-state index contributed by atoms with van der Waals surface area (Å²) in [4.78, 5) is 57.8. The monoisotopic (exact) mass is 544 g/mol. The second kappa shape index (κ2) is 9.21. The molecular formula is C31H32N2O7. The number of ether oxygens (including phenoxy) is 2. The van der Waals surface area contributed by atoms with Crippen LogP contribution in [0.2, 0.25) is 0 Å². The van der Waals surface area contributed by atoms with Crippen molar-refractivity contribution in [1.82, 2.24) is 4.90 Å². The maximum absolute atomic E-state index is 14.4. The summed E-state index contributed by atoms with van der Waals surface area (Å²) >= 11 is 0. The number of nitrogens with zero attached hydrogens (tertiary/aromatic N) is 2. The summed E-state index contributed by atoms with van der Waals surface area (Å²) < 4.78 is 11.1. The molecule has 9 nitrogen and oxygen atoms in total. The number of likely N-dealkylation sites (tertiary alicyclic amines) is 1. The molecule has 40 heavy (non-hydrogen) atoms. The Kier molecular flexibility index (Phi) is 6.01. The Morgan fingerprint density at radius 3 is 2.35 bits per heavy atom. The lowest BCUT2D eigenvalue weighted by Crippen LogP contribution is -2.49. The van der Waals surface area contributed by atoms with Crippen LogP contribution >= 0.6 is 0 Å². The summed E-state index contributed by atoms with van der Waals surface area (Å²) in [5, 5.41) is 11.4. The van der Waals surface area contributed by atoms with E-state index in [1.807, 2.05) is 12.1 Å². The Morgan fingerprint density at radius 2 is 1.70 bits per heavy atom. The van der Waals surface area contributed by atoms with Gasteiger partial charge in [0.05, 0.1) is 43.1 Å². The van der Waals surface area contributed by atoms with Crippen LogP contribution in [-0.2, 0) is 19.2 Å². The van der Waals surface area contributed by atoms with Gasteiger partial charge >= 0.3 is 0 Å². The molecule has 2 saturated heterocycles. The molecule has 0 radical (unpaired) electrons. The summed E-state index contributed by atoms with van der Waals surface area (Å²) in [7, 11) is 2.95. The van der Waals surface area contributed by atoms with Crippen LogP contribution < -0.4 is 14.4 Å². The third-order valence-electron chi connectivity index (χ3n) is 9.53. The number of benzene rings is 2. The number of amides is 4. The maximum Gasteiger partial charge on any atom is 0.241 e. The Balaban J connectivity index is 1.58. The first kappa shape index (κ1) is 26.1. The average molecular weight is 545 g/mol. The van der Waals surface area contributed by atoms with Crippen molar-refractivity contribution >= 4 is 29.3 Å². The minimum absolute atomic E-state index is 0.132. The highest BCUT2D eigenvalue weighted by Crippen LogP contribution is 2.65. The number of hydrogen-bond acceptors (Lipinski definition) is 7. The van der Waals surface area contributed by atoms with Crippen molar-refractivity contribution in [1.29, 1.82) is 0 Å². The first-order valence-electron chi connectivity index (χ1n) is 13.6. The number of aromatic hydroxyl groups is 1.